The van der Waals surface area contributed by atoms with E-state index >= 15 is 0 Å². The maximum Gasteiger partial charge on any atom is 0.338 e. The number of rotatable bonds is 5. The van der Waals surface area contributed by atoms with Gasteiger partial charge < -0.3 is 10.1 Å². The molecule has 2 aromatic rings. The normalized spacial score (nSPS) is 12.6. The molecule has 0 radical (unpaired) electrons. The van der Waals surface area contributed by atoms with Crippen LogP contribution in [0.1, 0.15) is 41.4 Å². The van der Waals surface area contributed by atoms with Crippen LogP contribution in [0.3, 0.4) is 0 Å². The summed E-state index contributed by atoms with van der Waals surface area (Å²) in [6, 6.07) is 12.5. The maximum atomic E-state index is 12.3. The average molecular weight is 391 g/mol. The molecule has 0 heterocycles. The molecule has 2 atom stereocenters. The number of ether oxygens (including phenoxy) is 1. The van der Waals surface area contributed by atoms with Crippen molar-refractivity contribution in [1.29, 1.82) is 5.26 Å². The number of nitriles is 1. The molecule has 0 aromatic heterocycles. The van der Waals surface area contributed by atoms with Gasteiger partial charge in [0.1, 0.15) is 0 Å². The molecular weight excluding hydrogens is 375 g/mol. The van der Waals surface area contributed by atoms with Crippen LogP contribution in [0.5, 0.6) is 0 Å². The highest BCUT2D eigenvalue weighted by molar-refractivity contribution is 6.35. The van der Waals surface area contributed by atoms with Gasteiger partial charge in [0.05, 0.1) is 23.2 Å². The van der Waals surface area contributed by atoms with Crippen molar-refractivity contribution >= 4 is 35.1 Å². The molecule has 134 valence electrons. The second-order valence-corrected chi connectivity index (χ2v) is 6.48. The summed E-state index contributed by atoms with van der Waals surface area (Å²) in [5.74, 6) is -1.10. The predicted octanol–water partition coefficient (Wildman–Crippen LogP) is 4.29. The van der Waals surface area contributed by atoms with E-state index in [1.165, 1.54) is 31.2 Å². The zero-order valence-electron chi connectivity index (χ0n) is 14.1. The Bertz CT molecular complexity index is 860. The summed E-state index contributed by atoms with van der Waals surface area (Å²) >= 11 is 12.0. The molecule has 0 aliphatic heterocycles. The first-order valence-electron chi connectivity index (χ1n) is 7.78. The summed E-state index contributed by atoms with van der Waals surface area (Å²) in [5.41, 5.74) is 1.40. The SMILES string of the molecule is C[C@@H](OC(=O)c1ccc(C#N)cc1)C(=O)N[C@H](C)c1ccc(Cl)cc1Cl. The Morgan fingerprint density at radius 3 is 2.35 bits per heavy atom. The standard InChI is InChI=1S/C19H16Cl2N2O3/c1-11(16-8-7-15(20)9-17(16)21)23-18(24)12(2)26-19(25)14-5-3-13(10-22)4-6-14/h3-9,11-12H,1-2H3,(H,23,24)/t11-,12-/m1/s1. The van der Waals surface area contributed by atoms with Gasteiger partial charge in [0.2, 0.25) is 0 Å². The smallest absolute Gasteiger partial charge is 0.338 e. The number of hydrogen-bond acceptors (Lipinski definition) is 4. The molecule has 0 aliphatic carbocycles. The summed E-state index contributed by atoms with van der Waals surface area (Å²) in [5, 5.41) is 12.4. The van der Waals surface area contributed by atoms with Crippen molar-refractivity contribution in [2.75, 3.05) is 0 Å². The lowest BCUT2D eigenvalue weighted by molar-refractivity contribution is -0.129. The van der Waals surface area contributed by atoms with Gasteiger partial charge in [0, 0.05) is 10.0 Å². The van der Waals surface area contributed by atoms with E-state index in [0.29, 0.717) is 21.2 Å². The van der Waals surface area contributed by atoms with Crippen molar-refractivity contribution in [1.82, 2.24) is 5.32 Å². The van der Waals surface area contributed by atoms with Gasteiger partial charge in [-0.05, 0) is 55.8 Å². The number of carbonyl (C=O) groups excluding carboxylic acids is 2. The first-order valence-corrected chi connectivity index (χ1v) is 8.54. The molecule has 0 saturated carbocycles. The minimum Gasteiger partial charge on any atom is -0.449 e. The van der Waals surface area contributed by atoms with Gasteiger partial charge in [0.25, 0.3) is 5.91 Å². The molecule has 7 heteroatoms. The predicted molar refractivity (Wildman–Crippen MR) is 99.1 cm³/mol. The summed E-state index contributed by atoms with van der Waals surface area (Å²) in [6.45, 7) is 3.25. The Kier molecular flexibility index (Phi) is 6.62. The Morgan fingerprint density at radius 2 is 1.77 bits per heavy atom. The molecule has 0 fully saturated rings. The zero-order valence-corrected chi connectivity index (χ0v) is 15.6. The molecule has 0 bridgehead atoms. The largest absolute Gasteiger partial charge is 0.449 e. The molecule has 0 spiro atoms. The van der Waals surface area contributed by atoms with Crippen LogP contribution in [-0.2, 0) is 9.53 Å². The fraction of sp³-hybridized carbons (Fsp3) is 0.211. The Morgan fingerprint density at radius 1 is 1.12 bits per heavy atom. The first-order chi connectivity index (χ1) is 12.3. The topological polar surface area (TPSA) is 79.2 Å². The molecule has 0 aliphatic rings. The minimum atomic E-state index is -0.994. The van der Waals surface area contributed by atoms with Crippen LogP contribution in [0.4, 0.5) is 0 Å². The van der Waals surface area contributed by atoms with E-state index in [-0.39, 0.29) is 11.6 Å². The maximum absolute atomic E-state index is 12.3. The molecule has 5 nitrogen and oxygen atoms in total. The van der Waals surface area contributed by atoms with Crippen LogP contribution >= 0.6 is 23.2 Å². The molecule has 1 amide bonds. The fourth-order valence-electron chi connectivity index (χ4n) is 2.22. The summed E-state index contributed by atoms with van der Waals surface area (Å²) in [4.78, 5) is 24.4. The Hall–Kier alpha value is -2.55. The van der Waals surface area contributed by atoms with Crippen molar-refractivity contribution in [3.63, 3.8) is 0 Å². The van der Waals surface area contributed by atoms with Crippen LogP contribution in [0, 0.1) is 11.3 Å². The highest BCUT2D eigenvalue weighted by Gasteiger charge is 2.21. The number of hydrogen-bond donors (Lipinski definition) is 1. The van der Waals surface area contributed by atoms with Gasteiger partial charge in [-0.1, -0.05) is 29.3 Å². The number of halogens is 2. The quantitative estimate of drug-likeness (QED) is 0.772. The minimum absolute atomic E-state index is 0.262. The van der Waals surface area contributed by atoms with Gasteiger partial charge >= 0.3 is 5.97 Å². The number of esters is 1. The van der Waals surface area contributed by atoms with Crippen LogP contribution in [0.2, 0.25) is 10.0 Å². The van der Waals surface area contributed by atoms with Crippen LogP contribution in [0.15, 0.2) is 42.5 Å². The molecular formula is C19H16Cl2N2O3. The van der Waals surface area contributed by atoms with Gasteiger partial charge in [0.15, 0.2) is 6.10 Å². The van der Waals surface area contributed by atoms with Crippen molar-refractivity contribution < 1.29 is 14.3 Å². The van der Waals surface area contributed by atoms with Gasteiger partial charge in [-0.15, -0.1) is 0 Å². The van der Waals surface area contributed by atoms with E-state index in [0.717, 1.165) is 0 Å². The van der Waals surface area contributed by atoms with Crippen LogP contribution < -0.4 is 5.32 Å². The van der Waals surface area contributed by atoms with E-state index in [1.807, 2.05) is 6.07 Å². The van der Waals surface area contributed by atoms with E-state index < -0.39 is 18.0 Å². The molecule has 0 saturated heterocycles. The first kappa shape index (κ1) is 19.8. The lowest BCUT2D eigenvalue weighted by atomic mass is 10.1. The van der Waals surface area contributed by atoms with E-state index in [9.17, 15) is 9.59 Å². The van der Waals surface area contributed by atoms with Crippen LogP contribution in [-0.4, -0.2) is 18.0 Å². The number of nitrogens with one attached hydrogen (secondary N) is 1. The third kappa shape index (κ3) is 4.98. The Balaban J connectivity index is 1.98. The van der Waals surface area contributed by atoms with E-state index in [1.54, 1.807) is 25.1 Å². The third-order valence-electron chi connectivity index (χ3n) is 3.69. The molecule has 2 rings (SSSR count). The Labute approximate surface area is 161 Å². The number of nitrogens with zero attached hydrogens (tertiary/aromatic N) is 1. The van der Waals surface area contributed by atoms with E-state index in [2.05, 4.69) is 5.32 Å². The van der Waals surface area contributed by atoms with Crippen molar-refractivity contribution in [2.24, 2.45) is 0 Å². The second kappa shape index (κ2) is 8.70. The van der Waals surface area contributed by atoms with Gasteiger partial charge in [-0.2, -0.15) is 5.26 Å². The molecule has 1 N–H and O–H groups in total. The highest BCUT2D eigenvalue weighted by Crippen LogP contribution is 2.26. The average Bonchev–Trinajstić information content (AvgIpc) is 2.61. The van der Waals surface area contributed by atoms with Gasteiger partial charge in [-0.3, -0.25) is 4.79 Å². The summed E-state index contributed by atoms with van der Waals surface area (Å²) < 4.78 is 5.17. The van der Waals surface area contributed by atoms with Crippen LogP contribution in [0.25, 0.3) is 0 Å². The lowest BCUT2D eigenvalue weighted by Crippen LogP contribution is -2.37. The van der Waals surface area contributed by atoms with E-state index in [4.69, 9.17) is 33.2 Å². The third-order valence-corrected chi connectivity index (χ3v) is 4.25. The van der Waals surface area contributed by atoms with Crippen molar-refractivity contribution in [3.05, 3.63) is 69.2 Å². The molecule has 0 unspecified atom stereocenters. The zero-order chi connectivity index (χ0) is 19.3. The lowest BCUT2D eigenvalue weighted by Gasteiger charge is -2.19. The summed E-state index contributed by atoms with van der Waals surface area (Å²) in [7, 11) is 0. The van der Waals surface area contributed by atoms with Gasteiger partial charge in [-0.25, -0.2) is 4.79 Å². The fourth-order valence-corrected chi connectivity index (χ4v) is 2.80. The second-order valence-electron chi connectivity index (χ2n) is 5.63. The van der Waals surface area contributed by atoms with Crippen molar-refractivity contribution in [3.8, 4) is 6.07 Å². The highest BCUT2D eigenvalue weighted by atomic mass is 35.5. The summed E-state index contributed by atoms with van der Waals surface area (Å²) in [6.07, 6.45) is -0.994. The molecule has 2 aromatic carbocycles. The number of benzene rings is 2. The monoisotopic (exact) mass is 390 g/mol. The number of amides is 1. The number of carbonyl (C=O) groups is 2. The van der Waals surface area contributed by atoms with Crippen molar-refractivity contribution in [2.45, 2.75) is 26.0 Å². The molecule has 26 heavy (non-hydrogen) atoms.